The molecule has 2 heterocycles. The van der Waals surface area contributed by atoms with E-state index in [0.29, 0.717) is 13.2 Å². The highest BCUT2D eigenvalue weighted by Crippen LogP contribution is 2.43. The van der Waals surface area contributed by atoms with Crippen LogP contribution in [0.3, 0.4) is 0 Å². The van der Waals surface area contributed by atoms with Crippen molar-refractivity contribution in [1.29, 1.82) is 0 Å². The zero-order chi connectivity index (χ0) is 20.9. The molecule has 0 aliphatic carbocycles. The lowest BCUT2D eigenvalue weighted by Gasteiger charge is -2.53. The number of benzene rings is 1. The summed E-state index contributed by atoms with van der Waals surface area (Å²) in [5.74, 6) is 1.77. The summed E-state index contributed by atoms with van der Waals surface area (Å²) in [6.07, 6.45) is 2.87. The second-order valence-corrected chi connectivity index (χ2v) is 8.23. The van der Waals surface area contributed by atoms with E-state index in [1.165, 1.54) is 0 Å². The molecule has 0 unspecified atom stereocenters. The molecule has 1 aromatic rings. The van der Waals surface area contributed by atoms with Crippen molar-refractivity contribution in [3.05, 3.63) is 23.8 Å². The molecule has 29 heavy (non-hydrogen) atoms. The Bertz CT molecular complexity index is 676. The van der Waals surface area contributed by atoms with Gasteiger partial charge in [0.15, 0.2) is 0 Å². The lowest BCUT2D eigenvalue weighted by molar-refractivity contribution is -0.145. The van der Waals surface area contributed by atoms with Crippen LogP contribution in [0.5, 0.6) is 11.5 Å². The van der Waals surface area contributed by atoms with Crippen LogP contribution in [-0.4, -0.2) is 82.9 Å². The monoisotopic (exact) mass is 405 g/mol. The summed E-state index contributed by atoms with van der Waals surface area (Å²) in [7, 11) is 7.15. The number of carbonyl (C=O) groups excluding carboxylic acids is 1. The Morgan fingerprint density at radius 2 is 1.86 bits per heavy atom. The lowest BCUT2D eigenvalue weighted by atomic mass is 9.67. The van der Waals surface area contributed by atoms with Gasteiger partial charge in [-0.1, -0.05) is 0 Å². The molecule has 0 radical (unpaired) electrons. The maximum Gasteiger partial charge on any atom is 0.227 e. The van der Waals surface area contributed by atoms with Crippen molar-refractivity contribution in [1.82, 2.24) is 15.1 Å². The molecule has 162 valence electrons. The third kappa shape index (κ3) is 4.85. The molecule has 3 rings (SSSR count). The van der Waals surface area contributed by atoms with Gasteiger partial charge in [-0.25, -0.2) is 0 Å². The summed E-state index contributed by atoms with van der Waals surface area (Å²) in [5.41, 5.74) is 0.812. The van der Waals surface area contributed by atoms with Gasteiger partial charge in [-0.15, -0.1) is 0 Å². The topological polar surface area (TPSA) is 63.3 Å². The summed E-state index contributed by atoms with van der Waals surface area (Å²) >= 11 is 0. The van der Waals surface area contributed by atoms with E-state index >= 15 is 0 Å². The molecule has 1 amide bonds. The fraction of sp³-hybridized carbons (Fsp3) is 0.682. The summed E-state index contributed by atoms with van der Waals surface area (Å²) in [5, 5.41) is 3.13. The van der Waals surface area contributed by atoms with Gasteiger partial charge < -0.3 is 24.4 Å². The number of amides is 1. The van der Waals surface area contributed by atoms with Crippen molar-refractivity contribution >= 4 is 5.91 Å². The normalized spacial score (nSPS) is 25.3. The summed E-state index contributed by atoms with van der Waals surface area (Å²) in [4.78, 5) is 18.1. The fourth-order valence-electron chi connectivity index (χ4n) is 4.83. The van der Waals surface area contributed by atoms with Gasteiger partial charge in [-0.2, -0.15) is 0 Å². The Kier molecular flexibility index (Phi) is 7.38. The first-order chi connectivity index (χ1) is 14.0. The first-order valence-corrected chi connectivity index (χ1v) is 10.4. The number of likely N-dealkylation sites (N-methyl/N-ethyl adjacent to an activating group) is 1. The Labute approximate surface area is 174 Å². The number of piperidine rings is 2. The van der Waals surface area contributed by atoms with Crippen molar-refractivity contribution in [3.8, 4) is 11.5 Å². The van der Waals surface area contributed by atoms with Gasteiger partial charge in [0.25, 0.3) is 0 Å². The molecular formula is C22H35N3O4. The third-order valence-corrected chi connectivity index (χ3v) is 6.41. The molecule has 2 saturated heterocycles. The molecule has 2 fully saturated rings. The van der Waals surface area contributed by atoms with E-state index in [-0.39, 0.29) is 17.4 Å². The molecule has 1 N–H and O–H groups in total. The molecule has 0 bridgehead atoms. The second-order valence-electron chi connectivity index (χ2n) is 8.23. The third-order valence-electron chi connectivity index (χ3n) is 6.41. The molecule has 7 nitrogen and oxygen atoms in total. The Morgan fingerprint density at radius 1 is 1.14 bits per heavy atom. The van der Waals surface area contributed by atoms with E-state index in [0.717, 1.165) is 62.5 Å². The van der Waals surface area contributed by atoms with Crippen LogP contribution in [0.25, 0.3) is 0 Å². The number of hydrogen-bond donors (Lipinski definition) is 1. The van der Waals surface area contributed by atoms with Crippen molar-refractivity contribution in [2.45, 2.75) is 31.8 Å². The lowest BCUT2D eigenvalue weighted by Crippen LogP contribution is -2.65. The molecule has 2 atom stereocenters. The first-order valence-electron chi connectivity index (χ1n) is 10.4. The van der Waals surface area contributed by atoms with Crippen molar-refractivity contribution in [2.75, 3.05) is 61.2 Å². The number of likely N-dealkylation sites (tertiary alicyclic amines) is 2. The number of hydrogen-bond acceptors (Lipinski definition) is 6. The molecule has 0 spiro atoms. The smallest absolute Gasteiger partial charge is 0.227 e. The molecule has 2 aliphatic rings. The van der Waals surface area contributed by atoms with Crippen molar-refractivity contribution in [3.63, 3.8) is 0 Å². The maximum atomic E-state index is 13.3. The van der Waals surface area contributed by atoms with E-state index in [9.17, 15) is 4.79 Å². The number of fused-ring (bicyclic) bond motifs is 1. The number of nitrogens with zero attached hydrogens (tertiary/aromatic N) is 2. The van der Waals surface area contributed by atoms with E-state index in [4.69, 9.17) is 14.2 Å². The molecule has 0 saturated carbocycles. The van der Waals surface area contributed by atoms with Crippen molar-refractivity contribution in [2.24, 2.45) is 5.41 Å². The van der Waals surface area contributed by atoms with Crippen LogP contribution in [0.4, 0.5) is 0 Å². The molecule has 7 heteroatoms. The van der Waals surface area contributed by atoms with Gasteiger partial charge >= 0.3 is 0 Å². The van der Waals surface area contributed by atoms with Crippen LogP contribution in [0.1, 0.15) is 24.8 Å². The molecule has 1 aromatic carbocycles. The number of rotatable bonds is 8. The standard InChI is InChI=1S/C22H35N3O4/c1-24-10-7-22(21(26)23-8-11-27-2)6-5-9-25(20(22)16-24)15-17-12-18(28-3)14-19(13-17)29-4/h12-14,20H,5-11,15-16H2,1-4H3,(H,23,26)/t20-,22+/m0/s1. The van der Waals surface area contributed by atoms with Gasteiger partial charge in [0.1, 0.15) is 11.5 Å². The fourth-order valence-corrected chi connectivity index (χ4v) is 4.83. The van der Waals surface area contributed by atoms with Crippen LogP contribution in [0, 0.1) is 5.41 Å². The van der Waals surface area contributed by atoms with Gasteiger partial charge in [-0.05, 0) is 57.1 Å². The van der Waals surface area contributed by atoms with Crippen LogP contribution < -0.4 is 14.8 Å². The van der Waals surface area contributed by atoms with Crippen molar-refractivity contribution < 1.29 is 19.0 Å². The second kappa shape index (κ2) is 9.78. The predicted molar refractivity (Wildman–Crippen MR) is 112 cm³/mol. The predicted octanol–water partition coefficient (Wildman–Crippen LogP) is 1.75. The van der Waals surface area contributed by atoms with E-state index in [1.54, 1.807) is 21.3 Å². The Hall–Kier alpha value is -1.83. The molecule has 2 aliphatic heterocycles. The highest BCUT2D eigenvalue weighted by Gasteiger charge is 2.52. The van der Waals surface area contributed by atoms with E-state index in [2.05, 4.69) is 34.3 Å². The van der Waals surface area contributed by atoms with Crippen LogP contribution in [0.2, 0.25) is 0 Å². The summed E-state index contributed by atoms with van der Waals surface area (Å²) < 4.78 is 16.0. The van der Waals surface area contributed by atoms with Crippen LogP contribution in [-0.2, 0) is 16.1 Å². The average molecular weight is 406 g/mol. The Morgan fingerprint density at radius 3 is 2.52 bits per heavy atom. The van der Waals surface area contributed by atoms with E-state index < -0.39 is 0 Å². The minimum atomic E-state index is -0.332. The SMILES string of the molecule is COCCNC(=O)[C@@]12CCCN(Cc3cc(OC)cc(OC)c3)[C@H]1CN(C)CC2. The number of ether oxygens (including phenoxy) is 3. The Balaban J connectivity index is 1.83. The highest BCUT2D eigenvalue weighted by molar-refractivity contribution is 5.84. The van der Waals surface area contributed by atoms with E-state index in [1.807, 2.05) is 6.07 Å². The van der Waals surface area contributed by atoms with Crippen LogP contribution >= 0.6 is 0 Å². The number of methoxy groups -OCH3 is 3. The first kappa shape index (κ1) is 21.9. The average Bonchev–Trinajstić information content (AvgIpc) is 2.74. The summed E-state index contributed by atoms with van der Waals surface area (Å²) in [6.45, 7) is 4.73. The molecular weight excluding hydrogens is 370 g/mol. The highest BCUT2D eigenvalue weighted by atomic mass is 16.5. The van der Waals surface area contributed by atoms with Gasteiger partial charge in [0.05, 0.1) is 26.2 Å². The number of nitrogens with one attached hydrogen (secondary N) is 1. The van der Waals surface area contributed by atoms with Gasteiger partial charge in [0, 0.05) is 38.9 Å². The van der Waals surface area contributed by atoms with Gasteiger partial charge in [0.2, 0.25) is 5.91 Å². The van der Waals surface area contributed by atoms with Gasteiger partial charge in [-0.3, -0.25) is 9.69 Å². The van der Waals surface area contributed by atoms with Crippen LogP contribution in [0.15, 0.2) is 18.2 Å². The number of carbonyl (C=O) groups is 1. The minimum Gasteiger partial charge on any atom is -0.497 e. The largest absolute Gasteiger partial charge is 0.497 e. The minimum absolute atomic E-state index is 0.181. The zero-order valence-electron chi connectivity index (χ0n) is 18.2. The molecule has 0 aromatic heterocycles. The maximum absolute atomic E-state index is 13.3. The zero-order valence-corrected chi connectivity index (χ0v) is 18.2. The quantitative estimate of drug-likeness (QED) is 0.665. The summed E-state index contributed by atoms with van der Waals surface area (Å²) in [6, 6.07) is 6.20.